The maximum absolute atomic E-state index is 10.8. The molecule has 0 radical (unpaired) electrons. The third kappa shape index (κ3) is 0.669. The molecule has 3 nitrogen and oxygen atoms in total. The molecular formula is C7H12N2O. The van der Waals surface area contributed by atoms with E-state index in [0.717, 1.165) is 13.0 Å². The molecule has 0 aromatic heterocycles. The Balaban J connectivity index is 2.14. The molecule has 2 rings (SSSR count). The highest BCUT2D eigenvalue weighted by molar-refractivity contribution is 5.81. The van der Waals surface area contributed by atoms with E-state index in [-0.39, 0.29) is 11.9 Å². The lowest BCUT2D eigenvalue weighted by Crippen LogP contribution is -2.41. The summed E-state index contributed by atoms with van der Waals surface area (Å²) in [5.41, 5.74) is 5.51. The zero-order valence-electron chi connectivity index (χ0n) is 5.89. The smallest absolute Gasteiger partial charge is 0.235 e. The van der Waals surface area contributed by atoms with E-state index in [1.807, 2.05) is 0 Å². The van der Waals surface area contributed by atoms with Gasteiger partial charge in [-0.05, 0) is 31.2 Å². The van der Waals surface area contributed by atoms with Gasteiger partial charge in [0, 0.05) is 0 Å². The molecule has 0 unspecified atom stereocenters. The minimum atomic E-state index is -0.171. The minimum absolute atomic E-state index is 0.0208. The summed E-state index contributed by atoms with van der Waals surface area (Å²) < 4.78 is 0. The molecule has 2 aliphatic rings. The van der Waals surface area contributed by atoms with Crippen molar-refractivity contribution in [2.75, 3.05) is 6.54 Å². The van der Waals surface area contributed by atoms with Crippen LogP contribution in [0.25, 0.3) is 0 Å². The van der Waals surface area contributed by atoms with Crippen LogP contribution >= 0.6 is 0 Å². The van der Waals surface area contributed by atoms with E-state index < -0.39 is 0 Å². The fourth-order valence-electron chi connectivity index (χ4n) is 1.93. The van der Waals surface area contributed by atoms with Crippen LogP contribution in [0.2, 0.25) is 0 Å². The predicted octanol–water partition coefficient (Wildman–Crippen LogP) is -0.386. The highest BCUT2D eigenvalue weighted by atomic mass is 16.1. The van der Waals surface area contributed by atoms with Crippen LogP contribution in [0.4, 0.5) is 0 Å². The molecule has 1 aliphatic heterocycles. The zero-order chi connectivity index (χ0) is 7.19. The van der Waals surface area contributed by atoms with Gasteiger partial charge in [-0.25, -0.2) is 0 Å². The van der Waals surface area contributed by atoms with E-state index in [1.165, 1.54) is 12.8 Å². The first-order chi connectivity index (χ1) is 4.75. The van der Waals surface area contributed by atoms with E-state index >= 15 is 0 Å². The van der Waals surface area contributed by atoms with Gasteiger partial charge in [0.2, 0.25) is 5.91 Å². The molecule has 1 saturated carbocycles. The predicted molar refractivity (Wildman–Crippen MR) is 37.3 cm³/mol. The molecule has 1 spiro atoms. The molecule has 1 heterocycles. The van der Waals surface area contributed by atoms with E-state index in [2.05, 4.69) is 5.32 Å². The Hall–Kier alpha value is -0.570. The third-order valence-corrected chi connectivity index (χ3v) is 2.76. The molecule has 1 amide bonds. The van der Waals surface area contributed by atoms with Gasteiger partial charge in [-0.2, -0.15) is 0 Å². The van der Waals surface area contributed by atoms with Crippen molar-refractivity contribution < 1.29 is 4.79 Å². The molecule has 0 bridgehead atoms. The number of primary amides is 1. The Kier molecular flexibility index (Phi) is 1.06. The van der Waals surface area contributed by atoms with Gasteiger partial charge >= 0.3 is 0 Å². The van der Waals surface area contributed by atoms with Crippen molar-refractivity contribution in [2.24, 2.45) is 11.1 Å². The average Bonchev–Trinajstić information content (AvgIpc) is 2.42. The number of amides is 1. The standard InChI is InChI=1S/C7H12N2O/c8-6(10)5-7(1-2-7)3-4-9-5/h5,9H,1-4H2,(H2,8,10)/t5-/m1/s1. The Morgan fingerprint density at radius 1 is 1.50 bits per heavy atom. The second-order valence-electron chi connectivity index (χ2n) is 3.40. The van der Waals surface area contributed by atoms with E-state index in [4.69, 9.17) is 5.73 Å². The molecule has 1 saturated heterocycles. The van der Waals surface area contributed by atoms with E-state index in [1.54, 1.807) is 0 Å². The lowest BCUT2D eigenvalue weighted by atomic mass is 9.97. The van der Waals surface area contributed by atoms with Gasteiger partial charge in [0.1, 0.15) is 0 Å². The molecule has 0 aromatic rings. The normalized spacial score (nSPS) is 34.6. The Morgan fingerprint density at radius 2 is 2.20 bits per heavy atom. The van der Waals surface area contributed by atoms with Gasteiger partial charge < -0.3 is 11.1 Å². The SMILES string of the molecule is NC(=O)[C@H]1NCCC12CC2. The Bertz CT molecular complexity index is 174. The first-order valence-corrected chi connectivity index (χ1v) is 3.77. The van der Waals surface area contributed by atoms with Crippen molar-refractivity contribution in [2.45, 2.75) is 25.3 Å². The number of nitrogens with two attached hydrogens (primary N) is 1. The lowest BCUT2D eigenvalue weighted by molar-refractivity contribution is -0.120. The number of nitrogens with one attached hydrogen (secondary N) is 1. The van der Waals surface area contributed by atoms with Crippen LogP contribution < -0.4 is 11.1 Å². The minimum Gasteiger partial charge on any atom is -0.368 e. The number of hydrogen-bond donors (Lipinski definition) is 2. The van der Waals surface area contributed by atoms with E-state index in [0.29, 0.717) is 5.41 Å². The fraction of sp³-hybridized carbons (Fsp3) is 0.857. The summed E-state index contributed by atoms with van der Waals surface area (Å²) >= 11 is 0. The maximum Gasteiger partial charge on any atom is 0.235 e. The van der Waals surface area contributed by atoms with Crippen LogP contribution in [0.1, 0.15) is 19.3 Å². The van der Waals surface area contributed by atoms with Crippen molar-refractivity contribution >= 4 is 5.91 Å². The van der Waals surface area contributed by atoms with Crippen LogP contribution in [-0.4, -0.2) is 18.5 Å². The van der Waals surface area contributed by atoms with Crippen LogP contribution in [0.5, 0.6) is 0 Å². The van der Waals surface area contributed by atoms with Crippen molar-refractivity contribution in [3.8, 4) is 0 Å². The summed E-state index contributed by atoms with van der Waals surface area (Å²) in [7, 11) is 0. The van der Waals surface area contributed by atoms with Crippen LogP contribution in [0, 0.1) is 5.41 Å². The molecule has 10 heavy (non-hydrogen) atoms. The van der Waals surface area contributed by atoms with E-state index in [9.17, 15) is 4.79 Å². The summed E-state index contributed by atoms with van der Waals surface area (Å²) in [6.07, 6.45) is 3.52. The van der Waals surface area contributed by atoms with Gasteiger partial charge in [0.05, 0.1) is 6.04 Å². The second-order valence-corrected chi connectivity index (χ2v) is 3.40. The van der Waals surface area contributed by atoms with Gasteiger partial charge in [0.25, 0.3) is 0 Å². The molecule has 0 aromatic carbocycles. The summed E-state index contributed by atoms with van der Waals surface area (Å²) in [6, 6.07) is -0.0208. The molecule has 56 valence electrons. The number of rotatable bonds is 1. The van der Waals surface area contributed by atoms with Gasteiger partial charge in [-0.1, -0.05) is 0 Å². The molecule has 3 heteroatoms. The Labute approximate surface area is 60.0 Å². The Morgan fingerprint density at radius 3 is 2.60 bits per heavy atom. The second kappa shape index (κ2) is 1.72. The topological polar surface area (TPSA) is 55.1 Å². The highest BCUT2D eigenvalue weighted by Gasteiger charge is 2.54. The summed E-state index contributed by atoms with van der Waals surface area (Å²) in [5, 5.41) is 3.13. The number of carbonyl (C=O) groups is 1. The number of carbonyl (C=O) groups excluding carboxylic acids is 1. The maximum atomic E-state index is 10.8. The third-order valence-electron chi connectivity index (χ3n) is 2.76. The van der Waals surface area contributed by atoms with Crippen molar-refractivity contribution in [1.29, 1.82) is 0 Å². The molecule has 1 aliphatic carbocycles. The first-order valence-electron chi connectivity index (χ1n) is 3.77. The average molecular weight is 140 g/mol. The van der Waals surface area contributed by atoms with Gasteiger partial charge in [-0.15, -0.1) is 0 Å². The van der Waals surface area contributed by atoms with Gasteiger partial charge in [0.15, 0.2) is 0 Å². The summed E-state index contributed by atoms with van der Waals surface area (Å²) in [6.45, 7) is 0.966. The monoisotopic (exact) mass is 140 g/mol. The molecule has 2 fully saturated rings. The van der Waals surface area contributed by atoms with Crippen LogP contribution in [-0.2, 0) is 4.79 Å². The van der Waals surface area contributed by atoms with Crippen LogP contribution in [0.3, 0.4) is 0 Å². The summed E-state index contributed by atoms with van der Waals surface area (Å²) in [5.74, 6) is -0.171. The zero-order valence-corrected chi connectivity index (χ0v) is 5.89. The lowest BCUT2D eigenvalue weighted by Gasteiger charge is -2.12. The number of hydrogen-bond acceptors (Lipinski definition) is 2. The van der Waals surface area contributed by atoms with Crippen molar-refractivity contribution in [3.63, 3.8) is 0 Å². The molecular weight excluding hydrogens is 128 g/mol. The summed E-state index contributed by atoms with van der Waals surface area (Å²) in [4.78, 5) is 10.8. The fourth-order valence-corrected chi connectivity index (χ4v) is 1.93. The first kappa shape index (κ1) is 6.16. The van der Waals surface area contributed by atoms with Gasteiger partial charge in [-0.3, -0.25) is 4.79 Å². The molecule has 1 atom stereocenters. The molecule has 3 N–H and O–H groups in total. The van der Waals surface area contributed by atoms with Crippen molar-refractivity contribution in [3.05, 3.63) is 0 Å². The largest absolute Gasteiger partial charge is 0.368 e. The highest BCUT2D eigenvalue weighted by Crippen LogP contribution is 2.53. The van der Waals surface area contributed by atoms with Crippen LogP contribution in [0.15, 0.2) is 0 Å². The quantitative estimate of drug-likeness (QED) is 0.521. The van der Waals surface area contributed by atoms with Crippen molar-refractivity contribution in [1.82, 2.24) is 5.32 Å².